The van der Waals surface area contributed by atoms with Gasteiger partial charge in [0.25, 0.3) is 5.89 Å². The highest BCUT2D eigenvalue weighted by atomic mass is 16.5. The molecule has 1 fully saturated rings. The van der Waals surface area contributed by atoms with Crippen molar-refractivity contribution in [1.29, 1.82) is 0 Å². The average Bonchev–Trinajstić information content (AvgIpc) is 3.51. The van der Waals surface area contributed by atoms with Gasteiger partial charge in [0.05, 0.1) is 17.9 Å². The Morgan fingerprint density at radius 2 is 1.97 bits per heavy atom. The monoisotopic (exact) mass is 446 g/mol. The highest BCUT2D eigenvalue weighted by Gasteiger charge is 2.21. The van der Waals surface area contributed by atoms with Crippen molar-refractivity contribution in [2.45, 2.75) is 19.4 Å². The molecule has 1 aromatic carbocycles. The Bertz CT molecular complexity index is 1150. The minimum absolute atomic E-state index is 0.0283. The quantitative estimate of drug-likeness (QED) is 0.377. The standard InChI is InChI=1S/C23H26N8O2/c1-15(31(2)19-6-4-3-5-7-19)27-23(25)28-20(24)21-29-22(33-30-21)17-10-11-18(26-12-17)14-32-13-16-8-9-16/h3-7,10-12,16H,1,8-9,13-14H2,2H3,(H4,24,25,27,28). The van der Waals surface area contributed by atoms with Crippen molar-refractivity contribution >= 4 is 17.5 Å². The largest absolute Gasteiger partial charge is 0.380 e. The van der Waals surface area contributed by atoms with Gasteiger partial charge in [-0.05, 0) is 43.0 Å². The molecule has 1 saturated carbocycles. The van der Waals surface area contributed by atoms with E-state index in [0.29, 0.717) is 18.0 Å². The second-order valence-electron chi connectivity index (χ2n) is 7.70. The van der Waals surface area contributed by atoms with Crippen LogP contribution in [0.5, 0.6) is 0 Å². The van der Waals surface area contributed by atoms with E-state index in [-0.39, 0.29) is 23.5 Å². The van der Waals surface area contributed by atoms with E-state index in [4.69, 9.17) is 20.7 Å². The van der Waals surface area contributed by atoms with Gasteiger partial charge in [0.2, 0.25) is 11.8 Å². The van der Waals surface area contributed by atoms with E-state index in [0.717, 1.165) is 23.9 Å². The van der Waals surface area contributed by atoms with Crippen molar-refractivity contribution in [2.75, 3.05) is 18.6 Å². The van der Waals surface area contributed by atoms with Gasteiger partial charge >= 0.3 is 0 Å². The molecule has 4 N–H and O–H groups in total. The van der Waals surface area contributed by atoms with Gasteiger partial charge in [0.1, 0.15) is 5.82 Å². The van der Waals surface area contributed by atoms with Gasteiger partial charge < -0.3 is 25.6 Å². The summed E-state index contributed by atoms with van der Waals surface area (Å²) in [7, 11) is 1.82. The number of hydrogen-bond acceptors (Lipinski definition) is 7. The molecule has 1 aliphatic carbocycles. The van der Waals surface area contributed by atoms with E-state index in [1.165, 1.54) is 12.8 Å². The maximum atomic E-state index is 5.99. The number of amidine groups is 1. The maximum Gasteiger partial charge on any atom is 0.259 e. The molecule has 170 valence electrons. The summed E-state index contributed by atoms with van der Waals surface area (Å²) in [5.74, 6) is 1.38. The fourth-order valence-corrected chi connectivity index (χ4v) is 2.90. The molecule has 2 aromatic heterocycles. The molecular weight excluding hydrogens is 420 g/mol. The lowest BCUT2D eigenvalue weighted by molar-refractivity contribution is 0.109. The number of hydrogen-bond donors (Lipinski definition) is 2. The number of aromatic nitrogens is 3. The number of guanidine groups is 1. The SMILES string of the molecule is C=C(N=C(N)N=C(N)c1noc(-c2ccc(COCC3CC3)nc2)n1)N(C)c1ccccc1. The van der Waals surface area contributed by atoms with Crippen molar-refractivity contribution in [3.05, 3.63) is 72.6 Å². The normalized spacial score (nSPS) is 14.3. The van der Waals surface area contributed by atoms with Crippen LogP contribution in [0.3, 0.4) is 0 Å². The lowest BCUT2D eigenvalue weighted by Crippen LogP contribution is -2.22. The highest BCUT2D eigenvalue weighted by molar-refractivity contribution is 6.02. The molecule has 3 aromatic rings. The van der Waals surface area contributed by atoms with Crippen LogP contribution >= 0.6 is 0 Å². The second kappa shape index (κ2) is 10.0. The zero-order chi connectivity index (χ0) is 23.2. The van der Waals surface area contributed by atoms with Crippen LogP contribution in [0, 0.1) is 5.92 Å². The van der Waals surface area contributed by atoms with Crippen LogP contribution in [0.15, 0.2) is 75.6 Å². The summed E-state index contributed by atoms with van der Waals surface area (Å²) in [5.41, 5.74) is 14.3. The highest BCUT2D eigenvalue weighted by Crippen LogP contribution is 2.29. The molecule has 0 spiro atoms. The fraction of sp³-hybridized carbons (Fsp3) is 0.261. The van der Waals surface area contributed by atoms with Gasteiger partial charge in [0, 0.05) is 25.5 Å². The Morgan fingerprint density at radius 3 is 2.67 bits per heavy atom. The average molecular weight is 447 g/mol. The van der Waals surface area contributed by atoms with E-state index in [9.17, 15) is 0 Å². The molecule has 0 bridgehead atoms. The molecule has 1 aliphatic rings. The molecule has 0 radical (unpaired) electrons. The summed E-state index contributed by atoms with van der Waals surface area (Å²) in [6, 6.07) is 13.3. The molecule has 0 atom stereocenters. The Morgan fingerprint density at radius 1 is 1.18 bits per heavy atom. The third-order valence-electron chi connectivity index (χ3n) is 5.04. The van der Waals surface area contributed by atoms with Gasteiger partial charge in [-0.25, -0.2) is 0 Å². The van der Waals surface area contributed by atoms with Crippen LogP contribution < -0.4 is 16.4 Å². The summed E-state index contributed by atoms with van der Waals surface area (Å²) >= 11 is 0. The first kappa shape index (κ1) is 22.2. The predicted molar refractivity (Wildman–Crippen MR) is 126 cm³/mol. The molecule has 10 heteroatoms. The van der Waals surface area contributed by atoms with Gasteiger partial charge in [-0.15, -0.1) is 0 Å². The summed E-state index contributed by atoms with van der Waals surface area (Å²) in [5, 5.41) is 3.87. The smallest absolute Gasteiger partial charge is 0.259 e. The zero-order valence-corrected chi connectivity index (χ0v) is 18.4. The number of pyridine rings is 1. The number of aliphatic imine (C=N–C) groups is 2. The van der Waals surface area contributed by atoms with Crippen LogP contribution in [0.2, 0.25) is 0 Å². The number of benzene rings is 1. The van der Waals surface area contributed by atoms with Gasteiger partial charge in [0.15, 0.2) is 5.84 Å². The maximum absolute atomic E-state index is 5.99. The van der Waals surface area contributed by atoms with E-state index < -0.39 is 0 Å². The molecule has 0 unspecified atom stereocenters. The van der Waals surface area contributed by atoms with E-state index in [2.05, 4.69) is 31.7 Å². The Balaban J connectivity index is 1.38. The van der Waals surface area contributed by atoms with E-state index >= 15 is 0 Å². The first-order chi connectivity index (χ1) is 16.0. The molecule has 0 amide bonds. The number of anilines is 1. The van der Waals surface area contributed by atoms with Crippen LogP contribution in [0.4, 0.5) is 5.69 Å². The van der Waals surface area contributed by atoms with E-state index in [1.54, 1.807) is 11.1 Å². The van der Waals surface area contributed by atoms with Gasteiger partial charge in [-0.2, -0.15) is 15.0 Å². The van der Waals surface area contributed by atoms with Crippen LogP contribution in [-0.2, 0) is 11.3 Å². The molecule has 2 heterocycles. The van der Waals surface area contributed by atoms with Crippen molar-refractivity contribution < 1.29 is 9.26 Å². The van der Waals surface area contributed by atoms with Crippen molar-refractivity contribution in [1.82, 2.24) is 15.1 Å². The number of nitrogens with zero attached hydrogens (tertiary/aromatic N) is 6. The Labute approximate surface area is 191 Å². The first-order valence-corrected chi connectivity index (χ1v) is 10.5. The summed E-state index contributed by atoms with van der Waals surface area (Å²) in [6.07, 6.45) is 4.17. The second-order valence-corrected chi connectivity index (χ2v) is 7.70. The fourth-order valence-electron chi connectivity index (χ4n) is 2.90. The minimum atomic E-state index is -0.0798. The van der Waals surface area contributed by atoms with Crippen molar-refractivity contribution in [3.8, 4) is 11.5 Å². The molecule has 0 saturated heterocycles. The Kier molecular flexibility index (Phi) is 6.75. The van der Waals surface area contributed by atoms with Crippen molar-refractivity contribution in [3.63, 3.8) is 0 Å². The molecule has 33 heavy (non-hydrogen) atoms. The summed E-state index contributed by atoms with van der Waals surface area (Å²) in [4.78, 5) is 18.7. The van der Waals surface area contributed by atoms with Gasteiger partial charge in [-0.1, -0.05) is 29.9 Å². The van der Waals surface area contributed by atoms with Crippen LogP contribution in [-0.4, -0.2) is 40.6 Å². The minimum Gasteiger partial charge on any atom is -0.380 e. The number of nitrogens with two attached hydrogens (primary N) is 2. The number of para-hydroxylation sites is 1. The number of ether oxygens (including phenoxy) is 1. The first-order valence-electron chi connectivity index (χ1n) is 10.5. The lowest BCUT2D eigenvalue weighted by Gasteiger charge is -2.18. The zero-order valence-electron chi connectivity index (χ0n) is 18.4. The lowest BCUT2D eigenvalue weighted by atomic mass is 10.2. The molecule has 4 rings (SSSR count). The molecule has 10 nitrogen and oxygen atoms in total. The summed E-state index contributed by atoms with van der Waals surface area (Å²) in [6.45, 7) is 5.18. The third-order valence-corrected chi connectivity index (χ3v) is 5.04. The van der Waals surface area contributed by atoms with Crippen molar-refractivity contribution in [2.24, 2.45) is 27.4 Å². The Hall–Kier alpha value is -4.05. The van der Waals surface area contributed by atoms with E-state index in [1.807, 2.05) is 49.5 Å². The molecule has 0 aliphatic heterocycles. The topological polar surface area (TPSA) is 141 Å². The predicted octanol–water partition coefficient (Wildman–Crippen LogP) is 2.69. The summed E-state index contributed by atoms with van der Waals surface area (Å²) < 4.78 is 10.9. The van der Waals surface area contributed by atoms with Gasteiger partial charge in [-0.3, -0.25) is 4.98 Å². The molecular formula is C23H26N8O2. The number of rotatable bonds is 9. The third kappa shape index (κ3) is 6.01. The van der Waals surface area contributed by atoms with Crippen LogP contribution in [0.1, 0.15) is 24.4 Å². The van der Waals surface area contributed by atoms with Crippen LogP contribution in [0.25, 0.3) is 11.5 Å².